The van der Waals surface area contributed by atoms with E-state index in [0.29, 0.717) is 0 Å². The SMILES string of the molecule is [2H]c1c([2H])c([2H])c(-c2c([2H])c([2H])c(-c3c4c([2H])c([2H])c([2H])c([2H])c4c(-c4c([2H])c([2H])c([2H])c(-c5c([2H])c([2H])c6c(oc7c([2H])c([2H])c8oc9c([2H])c([2H])c([2H])c([2H])c9c8c76)c5[2H])c4[2H])c4c([2H])c([2H])c([2H])c([2H])c34)c([2H])c2[2H])c([2H])c1[2H]. The lowest BCUT2D eigenvalue weighted by Crippen LogP contribution is -1.91. The van der Waals surface area contributed by atoms with E-state index in [-0.39, 0.29) is 16.2 Å². The molecular formula is C50H30O2. The quantitative estimate of drug-likeness (QED) is 0.172. The molecule has 9 aromatic carbocycles. The molecule has 2 nitrogen and oxygen atoms in total. The van der Waals surface area contributed by atoms with E-state index in [1.54, 1.807) is 0 Å². The van der Waals surface area contributed by atoms with Gasteiger partial charge in [0.05, 0.1) is 41.1 Å². The van der Waals surface area contributed by atoms with E-state index in [9.17, 15) is 20.6 Å². The van der Waals surface area contributed by atoms with E-state index in [4.69, 9.17) is 29.4 Å². The molecule has 52 heavy (non-hydrogen) atoms. The van der Waals surface area contributed by atoms with Crippen LogP contribution >= 0.6 is 0 Å². The molecule has 0 aliphatic rings. The minimum atomic E-state index is -1.11. The van der Waals surface area contributed by atoms with Crippen molar-refractivity contribution in [1.82, 2.24) is 0 Å². The summed E-state index contributed by atoms with van der Waals surface area (Å²) in [7, 11) is 0. The number of rotatable bonds is 4. The molecule has 0 amide bonds. The molecule has 242 valence electrons. The summed E-state index contributed by atoms with van der Waals surface area (Å²) in [5, 5.41) is -4.51. The second kappa shape index (κ2) is 11.3. The van der Waals surface area contributed by atoms with Crippen molar-refractivity contribution in [3.63, 3.8) is 0 Å². The van der Waals surface area contributed by atoms with Gasteiger partial charge >= 0.3 is 0 Å². The van der Waals surface area contributed by atoms with Crippen LogP contribution in [0, 0.1) is 0 Å². The molecule has 2 heteroatoms. The van der Waals surface area contributed by atoms with E-state index in [1.807, 2.05) is 0 Å². The molecule has 0 fully saturated rings. The van der Waals surface area contributed by atoms with Gasteiger partial charge in [-0.25, -0.2) is 0 Å². The molecule has 0 spiro atoms. The van der Waals surface area contributed by atoms with Crippen LogP contribution in [0.3, 0.4) is 0 Å². The molecule has 0 aliphatic carbocycles. The lowest BCUT2D eigenvalue weighted by atomic mass is 9.85. The Hall–Kier alpha value is -6.90. The van der Waals surface area contributed by atoms with Crippen LogP contribution in [0.5, 0.6) is 0 Å². The van der Waals surface area contributed by atoms with E-state index in [0.717, 1.165) is 0 Å². The fourth-order valence-corrected chi connectivity index (χ4v) is 6.28. The van der Waals surface area contributed by atoms with Gasteiger partial charge < -0.3 is 8.83 Å². The van der Waals surface area contributed by atoms with Gasteiger partial charge in [0, 0.05) is 21.5 Å². The molecule has 0 atom stereocenters. The predicted octanol–water partition coefficient (Wildman–Crippen LogP) is 14.5. The van der Waals surface area contributed by atoms with E-state index in [2.05, 4.69) is 0 Å². The van der Waals surface area contributed by atoms with Gasteiger partial charge in [0.2, 0.25) is 0 Å². The maximum atomic E-state index is 9.93. The molecule has 2 heterocycles. The van der Waals surface area contributed by atoms with Gasteiger partial charge in [-0.15, -0.1) is 0 Å². The van der Waals surface area contributed by atoms with Crippen LogP contribution in [0.1, 0.15) is 41.1 Å². The molecule has 0 bridgehead atoms. The van der Waals surface area contributed by atoms with E-state index in [1.165, 1.54) is 0 Å². The summed E-state index contributed by atoms with van der Waals surface area (Å²) in [6.07, 6.45) is 0. The number of fused-ring (bicyclic) bond motifs is 9. The third kappa shape index (κ3) is 4.38. The summed E-state index contributed by atoms with van der Waals surface area (Å²) in [5.74, 6) is 0. The van der Waals surface area contributed by atoms with Crippen LogP contribution in [-0.4, -0.2) is 0 Å². The largest absolute Gasteiger partial charge is 0.456 e. The van der Waals surface area contributed by atoms with Crippen LogP contribution in [0.25, 0.3) is 110 Å². The number of hydrogen-bond donors (Lipinski definition) is 0. The van der Waals surface area contributed by atoms with Gasteiger partial charge in [0.15, 0.2) is 0 Å². The normalized spacial score (nSPS) is 19.9. The zero-order chi connectivity index (χ0) is 60.3. The monoisotopic (exact) mass is 692 g/mol. The third-order valence-electron chi connectivity index (χ3n) is 8.46. The molecule has 2 aromatic heterocycles. The second-order valence-corrected chi connectivity index (χ2v) is 11.3. The predicted molar refractivity (Wildman–Crippen MR) is 218 cm³/mol. The number of benzene rings is 9. The van der Waals surface area contributed by atoms with Crippen LogP contribution in [-0.2, 0) is 0 Å². The van der Waals surface area contributed by atoms with Crippen molar-refractivity contribution >= 4 is 65.4 Å². The summed E-state index contributed by atoms with van der Waals surface area (Å²) < 4.78 is 282. The summed E-state index contributed by atoms with van der Waals surface area (Å²) in [5.41, 5.74) is -8.77. The van der Waals surface area contributed by atoms with Crippen molar-refractivity contribution in [1.29, 1.82) is 0 Å². The highest BCUT2D eigenvalue weighted by molar-refractivity contribution is 6.26. The van der Waals surface area contributed by atoms with Crippen molar-refractivity contribution < 1.29 is 50.0 Å². The van der Waals surface area contributed by atoms with Gasteiger partial charge in [-0.1, -0.05) is 145 Å². The minimum Gasteiger partial charge on any atom is -0.456 e. The third-order valence-corrected chi connectivity index (χ3v) is 8.46. The van der Waals surface area contributed by atoms with Crippen molar-refractivity contribution in [2.45, 2.75) is 0 Å². The number of hydrogen-bond acceptors (Lipinski definition) is 2. The highest BCUT2D eigenvalue weighted by Gasteiger charge is 2.19. The van der Waals surface area contributed by atoms with Crippen molar-refractivity contribution in [3.05, 3.63) is 181 Å². The first-order chi connectivity index (χ1) is 38.3. The average Bonchev–Trinajstić information content (AvgIpc) is 1.56. The summed E-state index contributed by atoms with van der Waals surface area (Å²) in [4.78, 5) is 0. The zero-order valence-electron chi connectivity index (χ0n) is 55.8. The molecule has 11 rings (SSSR count). The molecule has 0 saturated carbocycles. The Kier molecular flexibility index (Phi) is 2.63. The first-order valence-electron chi connectivity index (χ1n) is 30.3. The summed E-state index contributed by atoms with van der Waals surface area (Å²) >= 11 is 0. The summed E-state index contributed by atoms with van der Waals surface area (Å²) in [6, 6.07) is -28.5. The van der Waals surface area contributed by atoms with Gasteiger partial charge in [0.1, 0.15) is 22.3 Å². The molecule has 0 radical (unpaired) electrons. The standard InChI is InChI=1S/C50H30O2/c1-2-11-31(12-3-1)32-21-23-33(24-22-32)47-37-15-4-6-17-39(37)48(40-18-7-5-16-38(40)47)36-14-10-13-34(29-36)35-25-26-42-46(30-35)52-45-28-27-44-49(50(42)45)41-19-8-9-20-43(41)51-44/h1-30H/i1D,2D,3D,4D,5D,6D,7D,8D,9D,10D,11D,12D,13D,14D,15D,16D,17D,18D,19D,20D,21D,22D,23D,24D,25D,26D,27D,28D,29D,30D. The second-order valence-electron chi connectivity index (χ2n) is 11.3. The van der Waals surface area contributed by atoms with Gasteiger partial charge in [-0.3, -0.25) is 0 Å². The topological polar surface area (TPSA) is 26.3 Å². The Morgan fingerprint density at radius 3 is 1.38 bits per heavy atom. The Labute approximate surface area is 341 Å². The molecule has 11 aromatic rings. The van der Waals surface area contributed by atoms with Crippen LogP contribution in [0.15, 0.2) is 190 Å². The fraction of sp³-hybridized carbons (Fsp3) is 0. The van der Waals surface area contributed by atoms with Crippen LogP contribution in [0.2, 0.25) is 0 Å². The Bertz CT molecular complexity index is 4780. The Morgan fingerprint density at radius 1 is 0.269 bits per heavy atom. The Balaban J connectivity index is 1.32. The van der Waals surface area contributed by atoms with Crippen molar-refractivity contribution in [2.24, 2.45) is 0 Å². The van der Waals surface area contributed by atoms with Crippen LogP contribution < -0.4 is 0 Å². The van der Waals surface area contributed by atoms with Gasteiger partial charge in [-0.05, 0) is 102 Å². The molecule has 0 unspecified atom stereocenters. The van der Waals surface area contributed by atoms with Crippen molar-refractivity contribution in [3.8, 4) is 44.5 Å². The maximum absolute atomic E-state index is 9.93. The molecule has 0 saturated heterocycles. The first-order valence-corrected chi connectivity index (χ1v) is 15.3. The maximum Gasteiger partial charge on any atom is 0.136 e. The molecule has 0 N–H and O–H groups in total. The fourth-order valence-electron chi connectivity index (χ4n) is 6.28. The molecular weight excluding hydrogens is 633 g/mol. The summed E-state index contributed by atoms with van der Waals surface area (Å²) in [6.45, 7) is 0. The number of para-hydroxylation sites is 1. The smallest absolute Gasteiger partial charge is 0.136 e. The highest BCUT2D eigenvalue weighted by Crippen LogP contribution is 2.45. The number of furan rings is 2. The van der Waals surface area contributed by atoms with E-state index < -0.39 is 275 Å². The minimum absolute atomic E-state index is 0.247. The lowest BCUT2D eigenvalue weighted by Gasteiger charge is -2.18. The van der Waals surface area contributed by atoms with Gasteiger partial charge in [-0.2, -0.15) is 0 Å². The lowest BCUT2D eigenvalue weighted by molar-refractivity contribution is 0.663. The first kappa shape index (κ1) is 12.1. The van der Waals surface area contributed by atoms with E-state index >= 15 is 0 Å². The molecule has 0 aliphatic heterocycles. The Morgan fingerprint density at radius 2 is 0.712 bits per heavy atom. The van der Waals surface area contributed by atoms with Crippen molar-refractivity contribution in [2.75, 3.05) is 0 Å². The highest BCUT2D eigenvalue weighted by atomic mass is 16.3. The average molecular weight is 693 g/mol. The van der Waals surface area contributed by atoms with Crippen LogP contribution in [0.4, 0.5) is 0 Å². The zero-order valence-corrected chi connectivity index (χ0v) is 25.8. The van der Waals surface area contributed by atoms with Gasteiger partial charge in [0.25, 0.3) is 0 Å².